The molecule has 2 aliphatic rings. The summed E-state index contributed by atoms with van der Waals surface area (Å²) in [6.45, 7) is 2.31. The zero-order valence-corrected chi connectivity index (χ0v) is 23.0. The van der Waals surface area contributed by atoms with Crippen molar-refractivity contribution < 1.29 is 13.2 Å². The van der Waals surface area contributed by atoms with Crippen LogP contribution in [-0.4, -0.2) is 29.3 Å². The van der Waals surface area contributed by atoms with Crippen LogP contribution in [0.15, 0.2) is 53.8 Å². The lowest BCUT2D eigenvalue weighted by Crippen LogP contribution is -2.47. The van der Waals surface area contributed by atoms with Crippen LogP contribution in [0.2, 0.25) is 0 Å². The first-order chi connectivity index (χ1) is 19.6. The van der Waals surface area contributed by atoms with Gasteiger partial charge in [-0.25, -0.2) is 4.79 Å². The fourth-order valence-corrected chi connectivity index (χ4v) is 6.38. The first-order valence-corrected chi connectivity index (χ1v) is 14.0. The van der Waals surface area contributed by atoms with Crippen LogP contribution in [-0.2, 0) is 19.8 Å². The largest absolute Gasteiger partial charge is 0.418 e. The molecule has 3 aromatic heterocycles. The van der Waals surface area contributed by atoms with Crippen molar-refractivity contribution in [3.8, 4) is 11.8 Å². The van der Waals surface area contributed by atoms with Gasteiger partial charge in [0, 0.05) is 43.9 Å². The van der Waals surface area contributed by atoms with Gasteiger partial charge in [-0.1, -0.05) is 12.1 Å². The average Bonchev–Trinajstić information content (AvgIpc) is 3.47. The number of fused-ring (bicyclic) bond motifs is 1. The van der Waals surface area contributed by atoms with E-state index in [2.05, 4.69) is 28.5 Å². The van der Waals surface area contributed by atoms with E-state index in [0.29, 0.717) is 23.6 Å². The molecule has 3 heterocycles. The lowest BCUT2D eigenvalue weighted by atomic mass is 9.65. The molecule has 0 amide bonds. The quantitative estimate of drug-likeness (QED) is 0.312. The molecule has 4 aromatic rings. The number of imidazole rings is 1. The number of nitriles is 1. The number of nitrogens with one attached hydrogen (secondary N) is 1. The van der Waals surface area contributed by atoms with E-state index in [-0.39, 0.29) is 29.4 Å². The van der Waals surface area contributed by atoms with E-state index in [4.69, 9.17) is 5.26 Å². The van der Waals surface area contributed by atoms with Crippen molar-refractivity contribution >= 4 is 5.52 Å². The lowest BCUT2D eigenvalue weighted by molar-refractivity contribution is -0.136. The molecule has 8 nitrogen and oxygen atoms in total. The van der Waals surface area contributed by atoms with Gasteiger partial charge in [0.05, 0.1) is 22.8 Å². The minimum absolute atomic E-state index is 0.0843. The second-order valence-electron chi connectivity index (χ2n) is 11.9. The maximum Gasteiger partial charge on any atom is 0.418 e. The molecular formula is C30H32F3N7O. The normalized spacial score (nSPS) is 20.8. The predicted molar refractivity (Wildman–Crippen MR) is 146 cm³/mol. The SMILES string of the molecule is Cn1cnnc1[C@@H](c1cccc(-n2cc3c(C(F)(F)F)cc(CNC4(C)CCC4)cn3c2=O)c1)C1CC(CC#N)C1. The second kappa shape index (κ2) is 10.2. The monoisotopic (exact) mass is 563 g/mol. The molecular weight excluding hydrogens is 531 g/mol. The molecule has 1 atom stereocenters. The molecule has 2 aliphatic carbocycles. The smallest absolute Gasteiger partial charge is 0.320 e. The zero-order chi connectivity index (χ0) is 28.9. The third-order valence-corrected chi connectivity index (χ3v) is 8.96. The highest BCUT2D eigenvalue weighted by molar-refractivity contribution is 5.58. The highest BCUT2D eigenvalue weighted by atomic mass is 19.4. The van der Waals surface area contributed by atoms with E-state index < -0.39 is 17.4 Å². The minimum atomic E-state index is -4.62. The molecule has 2 saturated carbocycles. The molecule has 0 saturated heterocycles. The van der Waals surface area contributed by atoms with Crippen LogP contribution >= 0.6 is 0 Å². The number of aromatic nitrogens is 5. The number of halogens is 3. The number of benzene rings is 1. The van der Waals surface area contributed by atoms with Crippen LogP contribution in [0.5, 0.6) is 0 Å². The topological polar surface area (TPSA) is 92.9 Å². The van der Waals surface area contributed by atoms with E-state index in [1.54, 1.807) is 12.4 Å². The first-order valence-electron chi connectivity index (χ1n) is 14.0. The van der Waals surface area contributed by atoms with Crippen molar-refractivity contribution in [1.82, 2.24) is 29.0 Å². The van der Waals surface area contributed by atoms with E-state index >= 15 is 0 Å². The van der Waals surface area contributed by atoms with E-state index in [0.717, 1.165) is 54.0 Å². The fourth-order valence-electron chi connectivity index (χ4n) is 6.38. The number of hydrogen-bond acceptors (Lipinski definition) is 5. The van der Waals surface area contributed by atoms with E-state index in [9.17, 15) is 18.0 Å². The van der Waals surface area contributed by atoms with Gasteiger partial charge in [0.2, 0.25) is 0 Å². The van der Waals surface area contributed by atoms with Gasteiger partial charge in [-0.15, -0.1) is 10.2 Å². The van der Waals surface area contributed by atoms with Gasteiger partial charge in [-0.05, 0) is 80.2 Å². The summed E-state index contributed by atoms with van der Waals surface area (Å²) in [5.74, 6) is 1.22. The van der Waals surface area contributed by atoms with Crippen LogP contribution in [0.4, 0.5) is 13.2 Å². The number of hydrogen-bond donors (Lipinski definition) is 1. The third-order valence-electron chi connectivity index (χ3n) is 8.96. The zero-order valence-electron chi connectivity index (χ0n) is 23.0. The van der Waals surface area contributed by atoms with Crippen LogP contribution in [0.1, 0.15) is 73.9 Å². The van der Waals surface area contributed by atoms with Crippen LogP contribution in [0.25, 0.3) is 11.2 Å². The van der Waals surface area contributed by atoms with Gasteiger partial charge in [0.15, 0.2) is 0 Å². The van der Waals surface area contributed by atoms with Gasteiger partial charge in [0.1, 0.15) is 12.2 Å². The molecule has 214 valence electrons. The minimum Gasteiger partial charge on any atom is -0.320 e. The summed E-state index contributed by atoms with van der Waals surface area (Å²) in [5.41, 5.74) is 0.117. The molecule has 0 aliphatic heterocycles. The van der Waals surface area contributed by atoms with Gasteiger partial charge in [0.25, 0.3) is 0 Å². The summed E-state index contributed by atoms with van der Waals surface area (Å²) in [6, 6.07) is 10.7. The average molecular weight is 564 g/mol. The molecule has 0 unspecified atom stereocenters. The molecule has 1 aromatic carbocycles. The third kappa shape index (κ3) is 5.05. The second-order valence-corrected chi connectivity index (χ2v) is 11.9. The van der Waals surface area contributed by atoms with Crippen molar-refractivity contribution in [2.75, 3.05) is 0 Å². The number of nitrogens with zero attached hydrogens (tertiary/aromatic N) is 6. The molecule has 41 heavy (non-hydrogen) atoms. The summed E-state index contributed by atoms with van der Waals surface area (Å²) in [5, 5.41) is 20.9. The van der Waals surface area contributed by atoms with Crippen LogP contribution < -0.4 is 11.0 Å². The maximum atomic E-state index is 14.2. The molecule has 11 heteroatoms. The summed E-state index contributed by atoms with van der Waals surface area (Å²) < 4.78 is 46.8. The van der Waals surface area contributed by atoms with Crippen molar-refractivity contribution in [2.45, 2.75) is 69.6 Å². The predicted octanol–water partition coefficient (Wildman–Crippen LogP) is 5.34. The fraction of sp³-hybridized carbons (Fsp3) is 0.467. The van der Waals surface area contributed by atoms with Gasteiger partial charge < -0.3 is 9.88 Å². The molecule has 2 fully saturated rings. The molecule has 1 N–H and O–H groups in total. The summed E-state index contributed by atoms with van der Waals surface area (Å²) in [4.78, 5) is 13.6. The van der Waals surface area contributed by atoms with Crippen molar-refractivity contribution in [2.24, 2.45) is 18.9 Å². The Bertz CT molecular complexity index is 1680. The first kappa shape index (κ1) is 27.3. The Labute approximate surface area is 235 Å². The summed E-state index contributed by atoms with van der Waals surface area (Å²) in [6.07, 6.45) is 5.09. The highest BCUT2D eigenvalue weighted by Gasteiger charge is 2.39. The standard InChI is InChI=1S/C30H32F3N7O/c1-29(8-4-9-29)35-15-20-13-24(30(31,32)33)25-17-39(28(41)40(25)16-20)23-6-3-5-21(14-23)26(27-37-36-18-38(27)2)22-11-19(12-22)7-10-34/h3,5-6,13-14,16-19,22,26,35H,4,7-9,11-12,15H2,1-2H3/t19?,22?,26-/m0/s1. The Morgan fingerprint density at radius 1 is 1.22 bits per heavy atom. The molecule has 0 bridgehead atoms. The summed E-state index contributed by atoms with van der Waals surface area (Å²) >= 11 is 0. The van der Waals surface area contributed by atoms with E-state index in [1.807, 2.05) is 29.8 Å². The molecule has 6 rings (SSSR count). The molecule has 0 spiro atoms. The summed E-state index contributed by atoms with van der Waals surface area (Å²) in [7, 11) is 1.87. The van der Waals surface area contributed by atoms with Gasteiger partial charge in [-0.3, -0.25) is 8.97 Å². The number of aryl methyl sites for hydroxylation is 1. The number of rotatable bonds is 8. The van der Waals surface area contributed by atoms with Crippen LogP contribution in [0.3, 0.4) is 0 Å². The number of pyridine rings is 1. The Morgan fingerprint density at radius 3 is 2.63 bits per heavy atom. The Balaban J connectivity index is 1.39. The van der Waals surface area contributed by atoms with Gasteiger partial charge in [-0.2, -0.15) is 18.4 Å². The highest BCUT2D eigenvalue weighted by Crippen LogP contribution is 2.47. The lowest BCUT2D eigenvalue weighted by Gasteiger charge is -2.39. The van der Waals surface area contributed by atoms with E-state index in [1.165, 1.54) is 17.0 Å². The maximum absolute atomic E-state index is 14.2. The van der Waals surface area contributed by atoms with Crippen molar-refractivity contribution in [3.63, 3.8) is 0 Å². The van der Waals surface area contributed by atoms with Crippen molar-refractivity contribution in [1.29, 1.82) is 5.26 Å². The van der Waals surface area contributed by atoms with Gasteiger partial charge >= 0.3 is 11.9 Å². The van der Waals surface area contributed by atoms with Crippen LogP contribution in [0, 0.1) is 23.2 Å². The number of alkyl halides is 3. The Hall–Kier alpha value is -3.91. The van der Waals surface area contributed by atoms with Crippen molar-refractivity contribution in [3.05, 3.63) is 82.1 Å². The Kier molecular flexibility index (Phi) is 6.77. The molecule has 0 radical (unpaired) electrons. The Morgan fingerprint density at radius 2 is 2.00 bits per heavy atom.